The van der Waals surface area contributed by atoms with Crippen LogP contribution in [0.1, 0.15) is 36.1 Å². The van der Waals surface area contributed by atoms with Crippen molar-refractivity contribution >= 4 is 11.6 Å². The van der Waals surface area contributed by atoms with E-state index >= 15 is 0 Å². The van der Waals surface area contributed by atoms with Gasteiger partial charge in [-0.1, -0.05) is 0 Å². The van der Waals surface area contributed by atoms with E-state index in [2.05, 4.69) is 32.6 Å². The molecule has 1 aliphatic rings. The number of rotatable bonds is 7. The second-order valence-corrected chi connectivity index (χ2v) is 7.92. The van der Waals surface area contributed by atoms with Crippen molar-refractivity contribution in [1.29, 1.82) is 0 Å². The number of amides is 1. The van der Waals surface area contributed by atoms with Gasteiger partial charge in [-0.2, -0.15) is 0 Å². The molecule has 0 unspecified atom stereocenters. The molecule has 9 heteroatoms. The van der Waals surface area contributed by atoms with Crippen LogP contribution in [-0.4, -0.2) is 64.3 Å². The predicted molar refractivity (Wildman–Crippen MR) is 120 cm³/mol. The van der Waals surface area contributed by atoms with Gasteiger partial charge in [0.2, 0.25) is 0 Å². The Kier molecular flexibility index (Phi) is 6.53. The van der Waals surface area contributed by atoms with Crippen LogP contribution >= 0.6 is 0 Å². The Hall–Kier alpha value is -3.62. The Balaban J connectivity index is 1.30. The van der Waals surface area contributed by atoms with Crippen LogP contribution in [0.2, 0.25) is 0 Å². The molecule has 0 saturated carbocycles. The number of carbonyl (C=O) groups is 1. The first-order chi connectivity index (χ1) is 15.5. The maximum Gasteiger partial charge on any atom is 0.253 e. The lowest BCUT2D eigenvalue weighted by molar-refractivity contribution is 0.0746. The van der Waals surface area contributed by atoms with Crippen LogP contribution in [0, 0.1) is 0 Å². The van der Waals surface area contributed by atoms with Crippen LogP contribution in [0.25, 0.3) is 0 Å². The van der Waals surface area contributed by atoms with E-state index in [9.17, 15) is 4.79 Å². The first-order valence-corrected chi connectivity index (χ1v) is 10.7. The van der Waals surface area contributed by atoms with Crippen molar-refractivity contribution < 1.29 is 14.3 Å². The molecule has 0 bridgehead atoms. The molecule has 1 aromatic heterocycles. The zero-order chi connectivity index (χ0) is 22.5. The highest BCUT2D eigenvalue weighted by Crippen LogP contribution is 2.21. The minimum atomic E-state index is 0.0367. The number of tetrazole rings is 1. The summed E-state index contributed by atoms with van der Waals surface area (Å²) in [7, 11) is 1.66. The highest BCUT2D eigenvalue weighted by molar-refractivity contribution is 5.94. The van der Waals surface area contributed by atoms with Crippen LogP contribution in [0.4, 0.5) is 5.69 Å². The summed E-state index contributed by atoms with van der Waals surface area (Å²) in [5, 5.41) is 11.7. The molecule has 4 rings (SSSR count). The summed E-state index contributed by atoms with van der Waals surface area (Å²) in [6.45, 7) is 7.25. The number of hydrogen-bond acceptors (Lipinski definition) is 7. The number of aromatic nitrogens is 4. The smallest absolute Gasteiger partial charge is 0.253 e. The Morgan fingerprint density at radius 2 is 1.62 bits per heavy atom. The molecule has 1 saturated heterocycles. The number of carbonyl (C=O) groups excluding carboxylic acids is 1. The molecule has 9 nitrogen and oxygen atoms in total. The summed E-state index contributed by atoms with van der Waals surface area (Å²) in [6.07, 6.45) is 0. The molecule has 2 aromatic carbocycles. The van der Waals surface area contributed by atoms with Gasteiger partial charge in [0.15, 0.2) is 5.82 Å². The summed E-state index contributed by atoms with van der Waals surface area (Å²) >= 11 is 0. The van der Waals surface area contributed by atoms with Gasteiger partial charge in [0.25, 0.3) is 5.91 Å². The number of methoxy groups -OCH3 is 1. The van der Waals surface area contributed by atoms with E-state index in [1.54, 1.807) is 23.9 Å². The largest absolute Gasteiger partial charge is 0.497 e. The van der Waals surface area contributed by atoms with E-state index in [-0.39, 0.29) is 18.6 Å². The van der Waals surface area contributed by atoms with Crippen LogP contribution in [0.5, 0.6) is 11.5 Å². The zero-order valence-electron chi connectivity index (χ0n) is 18.6. The Bertz CT molecular complexity index is 1020. The lowest BCUT2D eigenvalue weighted by Gasteiger charge is -2.36. The number of piperazine rings is 1. The summed E-state index contributed by atoms with van der Waals surface area (Å²) in [6, 6.07) is 15.4. The van der Waals surface area contributed by atoms with Crippen molar-refractivity contribution in [2.75, 3.05) is 38.2 Å². The van der Waals surface area contributed by atoms with E-state index in [0.717, 1.165) is 24.5 Å². The third kappa shape index (κ3) is 4.82. The number of hydrogen-bond donors (Lipinski definition) is 0. The third-order valence-electron chi connectivity index (χ3n) is 5.52. The van der Waals surface area contributed by atoms with Gasteiger partial charge in [-0.15, -0.1) is 5.10 Å². The SMILES string of the molecule is COc1ccc(N2CCN(C(=O)c3ccc(OCc4nnnn4C(C)C)cc3)CC2)cc1. The summed E-state index contributed by atoms with van der Waals surface area (Å²) < 4.78 is 12.7. The lowest BCUT2D eigenvalue weighted by Crippen LogP contribution is -2.48. The fourth-order valence-corrected chi connectivity index (χ4v) is 3.69. The van der Waals surface area contributed by atoms with Crippen molar-refractivity contribution in [3.63, 3.8) is 0 Å². The highest BCUT2D eigenvalue weighted by Gasteiger charge is 2.22. The first-order valence-electron chi connectivity index (χ1n) is 10.7. The molecule has 0 aliphatic carbocycles. The molecule has 0 N–H and O–H groups in total. The standard InChI is InChI=1S/C23H28N6O3/c1-17(2)29-22(24-25-26-29)16-32-21-8-4-18(5-9-21)23(30)28-14-12-27(13-15-28)19-6-10-20(31-3)11-7-19/h4-11,17H,12-16H2,1-3H3. The fourth-order valence-electron chi connectivity index (χ4n) is 3.69. The molecule has 32 heavy (non-hydrogen) atoms. The molecule has 1 amide bonds. The number of benzene rings is 2. The van der Waals surface area contributed by atoms with Gasteiger partial charge >= 0.3 is 0 Å². The van der Waals surface area contributed by atoms with Gasteiger partial charge in [0.1, 0.15) is 18.1 Å². The van der Waals surface area contributed by atoms with Crippen LogP contribution in [0.3, 0.4) is 0 Å². The first kappa shape index (κ1) is 21.6. The van der Waals surface area contributed by atoms with Gasteiger partial charge < -0.3 is 19.3 Å². The normalized spacial score (nSPS) is 14.0. The third-order valence-corrected chi connectivity index (χ3v) is 5.52. The Morgan fingerprint density at radius 3 is 2.25 bits per heavy atom. The van der Waals surface area contributed by atoms with Gasteiger partial charge in [-0.3, -0.25) is 4.79 Å². The van der Waals surface area contributed by atoms with E-state index in [1.807, 2.05) is 43.0 Å². The predicted octanol–water partition coefficient (Wildman–Crippen LogP) is 2.80. The molecule has 1 aliphatic heterocycles. The van der Waals surface area contributed by atoms with Gasteiger partial charge in [0, 0.05) is 37.4 Å². The highest BCUT2D eigenvalue weighted by atomic mass is 16.5. The molecular formula is C23H28N6O3. The Morgan fingerprint density at radius 1 is 0.969 bits per heavy atom. The quantitative estimate of drug-likeness (QED) is 0.563. The van der Waals surface area contributed by atoms with Crippen LogP contribution in [-0.2, 0) is 6.61 Å². The van der Waals surface area contributed by atoms with Crippen molar-refractivity contribution in [3.05, 3.63) is 59.9 Å². The maximum absolute atomic E-state index is 12.9. The summed E-state index contributed by atoms with van der Waals surface area (Å²) in [5.41, 5.74) is 1.80. The number of anilines is 1. The molecule has 0 radical (unpaired) electrons. The van der Waals surface area contributed by atoms with E-state index in [1.165, 1.54) is 0 Å². The number of nitrogens with zero attached hydrogens (tertiary/aromatic N) is 6. The molecular weight excluding hydrogens is 408 g/mol. The monoisotopic (exact) mass is 436 g/mol. The molecule has 0 atom stereocenters. The Labute approximate surface area is 187 Å². The zero-order valence-corrected chi connectivity index (χ0v) is 18.6. The minimum absolute atomic E-state index is 0.0367. The van der Waals surface area contributed by atoms with Crippen molar-refractivity contribution in [3.8, 4) is 11.5 Å². The van der Waals surface area contributed by atoms with Crippen LogP contribution < -0.4 is 14.4 Å². The van der Waals surface area contributed by atoms with Crippen molar-refractivity contribution in [2.45, 2.75) is 26.5 Å². The molecule has 2 heterocycles. The molecule has 168 valence electrons. The summed E-state index contributed by atoms with van der Waals surface area (Å²) in [5.74, 6) is 2.21. The minimum Gasteiger partial charge on any atom is -0.497 e. The number of ether oxygens (including phenoxy) is 2. The summed E-state index contributed by atoms with van der Waals surface area (Å²) in [4.78, 5) is 17.1. The van der Waals surface area contributed by atoms with E-state index in [0.29, 0.717) is 30.2 Å². The topological polar surface area (TPSA) is 85.6 Å². The molecule has 3 aromatic rings. The van der Waals surface area contributed by atoms with Gasteiger partial charge in [0.05, 0.1) is 13.2 Å². The molecule has 1 fully saturated rings. The average molecular weight is 437 g/mol. The second-order valence-electron chi connectivity index (χ2n) is 7.92. The molecule has 0 spiro atoms. The average Bonchev–Trinajstić information content (AvgIpc) is 3.32. The lowest BCUT2D eigenvalue weighted by atomic mass is 10.1. The van der Waals surface area contributed by atoms with Crippen LogP contribution in [0.15, 0.2) is 48.5 Å². The van der Waals surface area contributed by atoms with Crippen molar-refractivity contribution in [2.24, 2.45) is 0 Å². The van der Waals surface area contributed by atoms with E-state index < -0.39 is 0 Å². The maximum atomic E-state index is 12.9. The fraction of sp³-hybridized carbons (Fsp3) is 0.391. The van der Waals surface area contributed by atoms with Crippen molar-refractivity contribution in [1.82, 2.24) is 25.1 Å². The van der Waals surface area contributed by atoms with E-state index in [4.69, 9.17) is 9.47 Å². The van der Waals surface area contributed by atoms with Gasteiger partial charge in [-0.25, -0.2) is 4.68 Å². The second kappa shape index (κ2) is 9.67. The van der Waals surface area contributed by atoms with Gasteiger partial charge in [-0.05, 0) is 72.8 Å².